The van der Waals surface area contributed by atoms with Crippen molar-refractivity contribution in [2.45, 2.75) is 32.7 Å². The quantitative estimate of drug-likeness (QED) is 0.726. The average Bonchev–Trinajstić information content (AvgIpc) is 3.00. The van der Waals surface area contributed by atoms with Crippen LogP contribution < -0.4 is 10.1 Å². The van der Waals surface area contributed by atoms with Crippen LogP contribution in [0.2, 0.25) is 0 Å². The van der Waals surface area contributed by atoms with Gasteiger partial charge in [-0.05, 0) is 41.5 Å². The van der Waals surface area contributed by atoms with Crippen LogP contribution in [0, 0.1) is 0 Å². The second-order valence-electron chi connectivity index (χ2n) is 4.98. The number of hydrogen-bond donors (Lipinski definition) is 1. The van der Waals surface area contributed by atoms with Crippen molar-refractivity contribution in [3.05, 3.63) is 52.2 Å². The molecule has 2 nitrogen and oxygen atoms in total. The molecule has 1 atom stereocenters. The summed E-state index contributed by atoms with van der Waals surface area (Å²) >= 11 is 1.78. The highest BCUT2D eigenvalue weighted by Gasteiger charge is 2.02. The van der Waals surface area contributed by atoms with E-state index < -0.39 is 0 Å². The number of benzene rings is 1. The molecular weight excluding hydrogens is 266 g/mol. The number of thiophene rings is 1. The highest BCUT2D eigenvalue weighted by molar-refractivity contribution is 7.09. The van der Waals surface area contributed by atoms with Gasteiger partial charge in [0.05, 0.1) is 0 Å². The van der Waals surface area contributed by atoms with Crippen LogP contribution in [-0.4, -0.2) is 13.2 Å². The fourth-order valence-electron chi connectivity index (χ4n) is 1.99. The van der Waals surface area contributed by atoms with Gasteiger partial charge in [-0.1, -0.05) is 32.0 Å². The molecule has 0 fully saturated rings. The van der Waals surface area contributed by atoms with Gasteiger partial charge in [-0.15, -0.1) is 11.3 Å². The van der Waals surface area contributed by atoms with Gasteiger partial charge in [-0.25, -0.2) is 0 Å². The zero-order chi connectivity index (χ0) is 14.2. The van der Waals surface area contributed by atoms with Crippen molar-refractivity contribution in [1.82, 2.24) is 5.32 Å². The Labute approximate surface area is 125 Å². The summed E-state index contributed by atoms with van der Waals surface area (Å²) in [4.78, 5) is 1.36. The fourth-order valence-corrected chi connectivity index (χ4v) is 2.67. The summed E-state index contributed by atoms with van der Waals surface area (Å²) in [5.41, 5.74) is 1.38. The standard InChI is InChI=1S/C17H23NOS/c1-3-14(2)15-6-8-16(9-7-15)19-11-10-18-13-17-5-4-12-20-17/h4-9,12,14,18H,3,10-11,13H2,1-2H3. The monoisotopic (exact) mass is 289 g/mol. The lowest BCUT2D eigenvalue weighted by Gasteiger charge is -2.11. The fraction of sp³-hybridized carbons (Fsp3) is 0.412. The van der Waals surface area contributed by atoms with E-state index in [0.717, 1.165) is 18.8 Å². The van der Waals surface area contributed by atoms with Gasteiger partial charge in [-0.3, -0.25) is 0 Å². The van der Waals surface area contributed by atoms with Crippen LogP contribution >= 0.6 is 11.3 Å². The first-order valence-corrected chi connectivity index (χ1v) is 8.13. The molecule has 0 saturated heterocycles. The molecule has 1 heterocycles. The Morgan fingerprint density at radius 3 is 2.65 bits per heavy atom. The summed E-state index contributed by atoms with van der Waals surface area (Å²) in [5.74, 6) is 1.58. The zero-order valence-electron chi connectivity index (χ0n) is 12.3. The van der Waals surface area contributed by atoms with E-state index >= 15 is 0 Å². The summed E-state index contributed by atoms with van der Waals surface area (Å²) in [7, 11) is 0. The van der Waals surface area contributed by atoms with Crippen LogP contribution in [0.25, 0.3) is 0 Å². The summed E-state index contributed by atoms with van der Waals surface area (Å²) in [5, 5.41) is 5.49. The van der Waals surface area contributed by atoms with Gasteiger partial charge in [0.2, 0.25) is 0 Å². The predicted octanol–water partition coefficient (Wildman–Crippen LogP) is 4.43. The maximum Gasteiger partial charge on any atom is 0.119 e. The van der Waals surface area contributed by atoms with Crippen LogP contribution in [0.5, 0.6) is 5.75 Å². The Morgan fingerprint density at radius 1 is 1.20 bits per heavy atom. The largest absolute Gasteiger partial charge is 0.492 e. The number of ether oxygens (including phenoxy) is 1. The van der Waals surface area contributed by atoms with E-state index in [2.05, 4.69) is 60.9 Å². The molecule has 0 saturated carbocycles. The molecule has 1 aromatic carbocycles. The van der Waals surface area contributed by atoms with Crippen LogP contribution in [0.1, 0.15) is 36.6 Å². The smallest absolute Gasteiger partial charge is 0.119 e. The molecular formula is C17H23NOS. The van der Waals surface area contributed by atoms with Gasteiger partial charge < -0.3 is 10.1 Å². The Balaban J connectivity index is 1.66. The third-order valence-corrected chi connectivity index (χ3v) is 4.36. The van der Waals surface area contributed by atoms with E-state index in [-0.39, 0.29) is 0 Å². The molecule has 3 heteroatoms. The first-order chi connectivity index (χ1) is 9.79. The molecule has 0 bridgehead atoms. The van der Waals surface area contributed by atoms with Crippen molar-refractivity contribution in [1.29, 1.82) is 0 Å². The third-order valence-electron chi connectivity index (χ3n) is 3.49. The topological polar surface area (TPSA) is 21.3 Å². The van der Waals surface area contributed by atoms with E-state index in [0.29, 0.717) is 12.5 Å². The van der Waals surface area contributed by atoms with Gasteiger partial charge in [0.15, 0.2) is 0 Å². The molecule has 0 aliphatic heterocycles. The van der Waals surface area contributed by atoms with Crippen molar-refractivity contribution < 1.29 is 4.74 Å². The van der Waals surface area contributed by atoms with Crippen LogP contribution in [0.15, 0.2) is 41.8 Å². The molecule has 0 aliphatic rings. The van der Waals surface area contributed by atoms with Crippen LogP contribution in [-0.2, 0) is 6.54 Å². The molecule has 20 heavy (non-hydrogen) atoms. The molecule has 2 aromatic rings. The van der Waals surface area contributed by atoms with Gasteiger partial charge in [-0.2, -0.15) is 0 Å². The molecule has 0 radical (unpaired) electrons. The highest BCUT2D eigenvalue weighted by Crippen LogP contribution is 2.21. The number of nitrogens with one attached hydrogen (secondary N) is 1. The molecule has 1 unspecified atom stereocenters. The first-order valence-electron chi connectivity index (χ1n) is 7.25. The van der Waals surface area contributed by atoms with E-state index in [1.807, 2.05) is 0 Å². The molecule has 1 aromatic heterocycles. The van der Waals surface area contributed by atoms with Crippen molar-refractivity contribution in [2.24, 2.45) is 0 Å². The van der Waals surface area contributed by atoms with E-state index in [1.165, 1.54) is 16.9 Å². The van der Waals surface area contributed by atoms with Gasteiger partial charge >= 0.3 is 0 Å². The van der Waals surface area contributed by atoms with E-state index in [1.54, 1.807) is 11.3 Å². The zero-order valence-corrected chi connectivity index (χ0v) is 13.1. The first kappa shape index (κ1) is 15.1. The number of rotatable bonds is 8. The summed E-state index contributed by atoms with van der Waals surface area (Å²) in [6.45, 7) is 6.96. The Hall–Kier alpha value is -1.32. The molecule has 0 spiro atoms. The predicted molar refractivity (Wildman–Crippen MR) is 86.7 cm³/mol. The Kier molecular flexibility index (Phi) is 6.09. The molecule has 0 amide bonds. The lowest BCUT2D eigenvalue weighted by atomic mass is 9.99. The Bertz CT molecular complexity index is 478. The minimum Gasteiger partial charge on any atom is -0.492 e. The normalized spacial score (nSPS) is 12.3. The van der Waals surface area contributed by atoms with Crippen molar-refractivity contribution >= 4 is 11.3 Å². The van der Waals surface area contributed by atoms with Crippen molar-refractivity contribution in [2.75, 3.05) is 13.2 Å². The van der Waals surface area contributed by atoms with Gasteiger partial charge in [0, 0.05) is 18.0 Å². The molecule has 2 rings (SSSR count). The molecule has 0 aliphatic carbocycles. The maximum atomic E-state index is 5.73. The lowest BCUT2D eigenvalue weighted by Crippen LogP contribution is -2.20. The minimum absolute atomic E-state index is 0.622. The Morgan fingerprint density at radius 2 is 2.00 bits per heavy atom. The highest BCUT2D eigenvalue weighted by atomic mass is 32.1. The molecule has 108 valence electrons. The van der Waals surface area contributed by atoms with E-state index in [9.17, 15) is 0 Å². The summed E-state index contributed by atoms with van der Waals surface area (Å²) < 4.78 is 5.73. The second-order valence-corrected chi connectivity index (χ2v) is 6.02. The SMILES string of the molecule is CCC(C)c1ccc(OCCNCc2cccs2)cc1. The van der Waals surface area contributed by atoms with E-state index in [4.69, 9.17) is 4.74 Å². The average molecular weight is 289 g/mol. The van der Waals surface area contributed by atoms with Crippen LogP contribution in [0.3, 0.4) is 0 Å². The van der Waals surface area contributed by atoms with Crippen molar-refractivity contribution in [3.63, 3.8) is 0 Å². The minimum atomic E-state index is 0.622. The third kappa shape index (κ3) is 4.66. The summed E-state index contributed by atoms with van der Waals surface area (Å²) in [6.07, 6.45) is 1.17. The van der Waals surface area contributed by atoms with Gasteiger partial charge in [0.1, 0.15) is 12.4 Å². The number of hydrogen-bond acceptors (Lipinski definition) is 3. The lowest BCUT2D eigenvalue weighted by molar-refractivity contribution is 0.313. The van der Waals surface area contributed by atoms with Gasteiger partial charge in [0.25, 0.3) is 0 Å². The summed E-state index contributed by atoms with van der Waals surface area (Å²) in [6, 6.07) is 12.7. The molecule has 1 N–H and O–H groups in total. The maximum absolute atomic E-state index is 5.73. The van der Waals surface area contributed by atoms with Crippen molar-refractivity contribution in [3.8, 4) is 5.75 Å². The van der Waals surface area contributed by atoms with Crippen LogP contribution in [0.4, 0.5) is 0 Å². The second kappa shape index (κ2) is 8.08.